The van der Waals surface area contributed by atoms with Crippen molar-refractivity contribution in [2.45, 2.75) is 20.8 Å². The van der Waals surface area contributed by atoms with E-state index in [1.807, 2.05) is 45.0 Å². The molecular formula is C16H16N4OS2. The maximum atomic E-state index is 12.6. The van der Waals surface area contributed by atoms with E-state index in [-0.39, 0.29) is 5.91 Å². The number of thioether (sulfide) groups is 1. The monoisotopic (exact) mass is 344 g/mol. The summed E-state index contributed by atoms with van der Waals surface area (Å²) in [6.45, 7) is 6.44. The van der Waals surface area contributed by atoms with Gasteiger partial charge in [-0.15, -0.1) is 10.2 Å². The van der Waals surface area contributed by atoms with Gasteiger partial charge in [0.1, 0.15) is 5.01 Å². The summed E-state index contributed by atoms with van der Waals surface area (Å²) in [5.74, 6) is -0.0148. The average molecular weight is 344 g/mol. The van der Waals surface area contributed by atoms with E-state index in [2.05, 4.69) is 21.3 Å². The van der Waals surface area contributed by atoms with E-state index >= 15 is 0 Å². The van der Waals surface area contributed by atoms with E-state index in [4.69, 9.17) is 0 Å². The van der Waals surface area contributed by atoms with Gasteiger partial charge in [0.15, 0.2) is 5.17 Å². The van der Waals surface area contributed by atoms with Crippen molar-refractivity contribution in [1.29, 1.82) is 0 Å². The average Bonchev–Trinajstić information content (AvgIpc) is 3.04. The standard InChI is InChI=1S/C16H16N4OS2/c1-4-20-14(21)13(9-12-7-5-6-10(2)8-12)23-16(20)17-15-19-18-11(3)22-15/h5-9H,4H2,1-3H3/b13-9-,17-16+. The fraction of sp³-hybridized carbons (Fsp3) is 0.250. The molecule has 1 aliphatic heterocycles. The highest BCUT2D eigenvalue weighted by Gasteiger charge is 2.32. The Hall–Kier alpha value is -1.99. The first-order chi connectivity index (χ1) is 11.1. The summed E-state index contributed by atoms with van der Waals surface area (Å²) in [5, 5.41) is 10.1. The fourth-order valence-corrected chi connectivity index (χ4v) is 3.86. The number of benzene rings is 1. The predicted molar refractivity (Wildman–Crippen MR) is 95.9 cm³/mol. The summed E-state index contributed by atoms with van der Waals surface area (Å²) < 4.78 is 0. The first-order valence-electron chi connectivity index (χ1n) is 7.23. The highest BCUT2D eigenvalue weighted by molar-refractivity contribution is 8.18. The minimum atomic E-state index is -0.0148. The molecule has 2 heterocycles. The SMILES string of the molecule is CCN1C(=O)/C(=C/c2cccc(C)c2)S/C1=N/c1nnc(C)s1. The number of amides is 1. The zero-order chi connectivity index (χ0) is 16.4. The van der Waals surface area contributed by atoms with Crippen molar-refractivity contribution in [2.24, 2.45) is 4.99 Å². The van der Waals surface area contributed by atoms with Crippen molar-refractivity contribution in [1.82, 2.24) is 15.1 Å². The van der Waals surface area contributed by atoms with Crippen LogP contribution in [0.5, 0.6) is 0 Å². The zero-order valence-corrected chi connectivity index (χ0v) is 14.7. The van der Waals surface area contributed by atoms with Crippen LogP contribution in [0.15, 0.2) is 34.2 Å². The molecule has 23 heavy (non-hydrogen) atoms. The summed E-state index contributed by atoms with van der Waals surface area (Å²) in [7, 11) is 0. The summed E-state index contributed by atoms with van der Waals surface area (Å²) in [5.41, 5.74) is 2.19. The molecule has 0 atom stereocenters. The normalized spacial score (nSPS) is 18.4. The van der Waals surface area contributed by atoms with Crippen LogP contribution < -0.4 is 0 Å². The molecule has 0 spiro atoms. The van der Waals surface area contributed by atoms with Crippen LogP contribution in [0.2, 0.25) is 0 Å². The van der Waals surface area contributed by atoms with Crippen LogP contribution in [0.3, 0.4) is 0 Å². The smallest absolute Gasteiger partial charge is 0.266 e. The largest absolute Gasteiger partial charge is 0.287 e. The second-order valence-corrected chi connectivity index (χ2v) is 7.24. The van der Waals surface area contributed by atoms with Crippen molar-refractivity contribution >= 4 is 45.4 Å². The van der Waals surface area contributed by atoms with Gasteiger partial charge in [-0.2, -0.15) is 4.99 Å². The first-order valence-corrected chi connectivity index (χ1v) is 8.87. The predicted octanol–water partition coefficient (Wildman–Crippen LogP) is 3.78. The van der Waals surface area contributed by atoms with Crippen LogP contribution in [0.1, 0.15) is 23.1 Å². The highest BCUT2D eigenvalue weighted by Crippen LogP contribution is 2.34. The molecule has 3 rings (SSSR count). The topological polar surface area (TPSA) is 58.5 Å². The maximum Gasteiger partial charge on any atom is 0.266 e. The van der Waals surface area contributed by atoms with Gasteiger partial charge in [0.05, 0.1) is 4.91 Å². The van der Waals surface area contributed by atoms with Gasteiger partial charge in [-0.1, -0.05) is 41.2 Å². The highest BCUT2D eigenvalue weighted by atomic mass is 32.2. The van der Waals surface area contributed by atoms with Gasteiger partial charge in [0.25, 0.3) is 5.91 Å². The van der Waals surface area contributed by atoms with Crippen LogP contribution in [0.4, 0.5) is 5.13 Å². The summed E-state index contributed by atoms with van der Waals surface area (Å²) in [6, 6.07) is 8.07. The van der Waals surface area contributed by atoms with Crippen molar-refractivity contribution in [3.8, 4) is 0 Å². The van der Waals surface area contributed by atoms with Crippen molar-refractivity contribution < 1.29 is 4.79 Å². The molecule has 0 aliphatic carbocycles. The third-order valence-corrected chi connectivity index (χ3v) is 4.99. The molecule has 1 aromatic carbocycles. The molecule has 1 amide bonds. The Morgan fingerprint density at radius 2 is 2.13 bits per heavy atom. The lowest BCUT2D eigenvalue weighted by Gasteiger charge is -2.11. The molecule has 1 fully saturated rings. The molecule has 0 N–H and O–H groups in total. The first kappa shape index (κ1) is 15.9. The number of hydrogen-bond acceptors (Lipinski definition) is 6. The fourth-order valence-electron chi connectivity index (χ4n) is 2.19. The number of likely N-dealkylation sites (N-methyl/N-ethyl adjacent to an activating group) is 1. The molecule has 1 aliphatic rings. The third kappa shape index (κ3) is 3.51. The molecule has 0 bridgehead atoms. The van der Waals surface area contributed by atoms with Crippen molar-refractivity contribution in [2.75, 3.05) is 6.54 Å². The van der Waals surface area contributed by atoms with Gasteiger partial charge in [0, 0.05) is 6.54 Å². The molecule has 1 saturated heterocycles. The molecule has 118 valence electrons. The minimum Gasteiger partial charge on any atom is -0.287 e. The van der Waals surface area contributed by atoms with Crippen LogP contribution in [-0.4, -0.2) is 32.7 Å². The van der Waals surface area contributed by atoms with Gasteiger partial charge >= 0.3 is 0 Å². The number of nitrogens with zero attached hydrogens (tertiary/aromatic N) is 4. The van der Waals surface area contributed by atoms with E-state index in [1.54, 1.807) is 4.90 Å². The number of carbonyl (C=O) groups is 1. The Balaban J connectivity index is 1.93. The van der Waals surface area contributed by atoms with Gasteiger partial charge < -0.3 is 0 Å². The minimum absolute atomic E-state index is 0.0148. The molecular weight excluding hydrogens is 328 g/mol. The number of amidine groups is 1. The van der Waals surface area contributed by atoms with E-state index in [0.29, 0.717) is 21.7 Å². The summed E-state index contributed by atoms with van der Waals surface area (Å²) in [4.78, 5) is 19.4. The number of carbonyl (C=O) groups excluding carboxylic acids is 1. The maximum absolute atomic E-state index is 12.6. The lowest BCUT2D eigenvalue weighted by atomic mass is 10.1. The summed E-state index contributed by atoms with van der Waals surface area (Å²) >= 11 is 2.80. The number of aryl methyl sites for hydroxylation is 2. The van der Waals surface area contributed by atoms with Crippen molar-refractivity contribution in [3.63, 3.8) is 0 Å². The van der Waals surface area contributed by atoms with Gasteiger partial charge in [0.2, 0.25) is 5.13 Å². The van der Waals surface area contributed by atoms with Crippen LogP contribution in [-0.2, 0) is 4.79 Å². The molecule has 0 radical (unpaired) electrons. The van der Waals surface area contributed by atoms with E-state index in [1.165, 1.54) is 28.7 Å². The lowest BCUT2D eigenvalue weighted by Crippen LogP contribution is -2.28. The Bertz CT molecular complexity index is 810. The van der Waals surface area contributed by atoms with Crippen LogP contribution >= 0.6 is 23.1 Å². The second kappa shape index (κ2) is 6.64. The van der Waals surface area contributed by atoms with E-state index in [9.17, 15) is 4.79 Å². The number of aromatic nitrogens is 2. The Labute approximate surface area is 143 Å². The Morgan fingerprint density at radius 1 is 1.30 bits per heavy atom. The molecule has 0 saturated carbocycles. The van der Waals surface area contributed by atoms with Crippen LogP contribution in [0, 0.1) is 13.8 Å². The molecule has 0 unspecified atom stereocenters. The lowest BCUT2D eigenvalue weighted by molar-refractivity contribution is -0.122. The van der Waals surface area contributed by atoms with Crippen molar-refractivity contribution in [3.05, 3.63) is 45.3 Å². The number of rotatable bonds is 3. The molecule has 7 heteroatoms. The molecule has 5 nitrogen and oxygen atoms in total. The zero-order valence-electron chi connectivity index (χ0n) is 13.1. The number of hydrogen-bond donors (Lipinski definition) is 0. The molecule has 2 aromatic rings. The second-order valence-electron chi connectivity index (χ2n) is 5.07. The Kier molecular flexibility index (Phi) is 4.58. The van der Waals surface area contributed by atoms with E-state index < -0.39 is 0 Å². The third-order valence-electron chi connectivity index (χ3n) is 3.25. The van der Waals surface area contributed by atoms with Gasteiger partial charge in [-0.3, -0.25) is 9.69 Å². The van der Waals surface area contributed by atoms with Crippen LogP contribution in [0.25, 0.3) is 6.08 Å². The van der Waals surface area contributed by atoms with E-state index in [0.717, 1.165) is 10.6 Å². The quantitative estimate of drug-likeness (QED) is 0.795. The number of aliphatic imine (C=N–C) groups is 1. The van der Waals surface area contributed by atoms with Gasteiger partial charge in [-0.25, -0.2) is 0 Å². The van der Waals surface area contributed by atoms with Gasteiger partial charge in [-0.05, 0) is 44.2 Å². The molecule has 1 aromatic heterocycles. The Morgan fingerprint density at radius 3 is 2.78 bits per heavy atom. The summed E-state index contributed by atoms with van der Waals surface area (Å²) in [6.07, 6.45) is 1.91.